The van der Waals surface area contributed by atoms with Gasteiger partial charge in [-0.25, -0.2) is 0 Å². The molecule has 0 bridgehead atoms. The molecule has 3 heteroatoms. The third kappa shape index (κ3) is 2.69. The van der Waals surface area contributed by atoms with Gasteiger partial charge < -0.3 is 9.53 Å². The van der Waals surface area contributed by atoms with Crippen LogP contribution < -0.4 is 4.74 Å². The van der Waals surface area contributed by atoms with Crippen molar-refractivity contribution in [2.24, 2.45) is 5.92 Å². The van der Waals surface area contributed by atoms with E-state index in [2.05, 4.69) is 0 Å². The molecule has 0 N–H and O–H groups in total. The lowest BCUT2D eigenvalue weighted by atomic mass is 9.94. The maximum Gasteiger partial charge on any atom is 0.166 e. The minimum absolute atomic E-state index is 0.00672. The van der Waals surface area contributed by atoms with Gasteiger partial charge in [0.1, 0.15) is 12.0 Å². The molecule has 0 aliphatic carbocycles. The standard InChI is InChI=1S/C13H16O3/c1-9(6-7-14)13(15)12-5-4-11(16-3)8-10(12)2/h4-5,7-9H,6H2,1-3H3. The van der Waals surface area contributed by atoms with Gasteiger partial charge in [-0.3, -0.25) is 4.79 Å². The number of carbonyl (C=O) groups excluding carboxylic acids is 2. The van der Waals surface area contributed by atoms with Crippen LogP contribution in [0.4, 0.5) is 0 Å². The topological polar surface area (TPSA) is 43.4 Å². The quantitative estimate of drug-likeness (QED) is 0.565. The number of hydrogen-bond donors (Lipinski definition) is 0. The maximum absolute atomic E-state index is 12.0. The number of hydrogen-bond acceptors (Lipinski definition) is 3. The number of aldehydes is 1. The van der Waals surface area contributed by atoms with E-state index >= 15 is 0 Å². The molecule has 0 aromatic heterocycles. The van der Waals surface area contributed by atoms with E-state index in [0.29, 0.717) is 5.56 Å². The van der Waals surface area contributed by atoms with Crippen LogP contribution in [-0.4, -0.2) is 19.2 Å². The zero-order valence-electron chi connectivity index (χ0n) is 9.82. The molecule has 0 spiro atoms. The summed E-state index contributed by atoms with van der Waals surface area (Å²) in [5.41, 5.74) is 1.54. The summed E-state index contributed by atoms with van der Waals surface area (Å²) in [5, 5.41) is 0. The van der Waals surface area contributed by atoms with Crippen molar-refractivity contribution in [1.29, 1.82) is 0 Å². The maximum atomic E-state index is 12.0. The first kappa shape index (κ1) is 12.4. The molecule has 1 aromatic carbocycles. The zero-order valence-corrected chi connectivity index (χ0v) is 9.82. The molecule has 0 aliphatic rings. The first-order valence-corrected chi connectivity index (χ1v) is 5.22. The molecule has 1 aromatic rings. The Kier molecular flexibility index (Phi) is 4.23. The van der Waals surface area contributed by atoms with Gasteiger partial charge in [0, 0.05) is 17.9 Å². The Morgan fingerprint density at radius 1 is 1.50 bits per heavy atom. The monoisotopic (exact) mass is 220 g/mol. The zero-order chi connectivity index (χ0) is 12.1. The average molecular weight is 220 g/mol. The van der Waals surface area contributed by atoms with Crippen LogP contribution in [0.15, 0.2) is 18.2 Å². The third-order valence-electron chi connectivity index (χ3n) is 2.60. The van der Waals surface area contributed by atoms with Crippen LogP contribution in [0.3, 0.4) is 0 Å². The summed E-state index contributed by atoms with van der Waals surface area (Å²) in [5.74, 6) is 0.480. The summed E-state index contributed by atoms with van der Waals surface area (Å²) in [7, 11) is 1.59. The van der Waals surface area contributed by atoms with Gasteiger partial charge in [0.15, 0.2) is 5.78 Å². The van der Waals surface area contributed by atoms with Crippen molar-refractivity contribution in [1.82, 2.24) is 0 Å². The van der Waals surface area contributed by atoms with Crippen molar-refractivity contribution < 1.29 is 14.3 Å². The minimum atomic E-state index is -0.260. The van der Waals surface area contributed by atoms with Crippen LogP contribution in [0, 0.1) is 12.8 Å². The summed E-state index contributed by atoms with van der Waals surface area (Å²) in [6.07, 6.45) is 1.05. The van der Waals surface area contributed by atoms with Gasteiger partial charge in [0.05, 0.1) is 7.11 Å². The molecule has 86 valence electrons. The Bertz CT molecular complexity index is 396. The molecule has 16 heavy (non-hydrogen) atoms. The fraction of sp³-hybridized carbons (Fsp3) is 0.385. The van der Waals surface area contributed by atoms with Crippen molar-refractivity contribution in [3.63, 3.8) is 0 Å². The number of ether oxygens (including phenoxy) is 1. The smallest absolute Gasteiger partial charge is 0.166 e. The molecule has 1 unspecified atom stereocenters. The first-order chi connectivity index (χ1) is 7.60. The summed E-state index contributed by atoms with van der Waals surface area (Å²) >= 11 is 0. The SMILES string of the molecule is COc1ccc(C(=O)C(C)CC=O)c(C)c1. The lowest BCUT2D eigenvalue weighted by Crippen LogP contribution is -2.13. The predicted molar refractivity (Wildman–Crippen MR) is 61.9 cm³/mol. The Morgan fingerprint density at radius 3 is 2.69 bits per heavy atom. The molecule has 0 saturated carbocycles. The van der Waals surface area contributed by atoms with E-state index in [1.807, 2.05) is 13.0 Å². The van der Waals surface area contributed by atoms with Crippen molar-refractivity contribution >= 4 is 12.1 Å². The molecule has 0 radical (unpaired) electrons. The van der Waals surface area contributed by atoms with Crippen molar-refractivity contribution in [2.75, 3.05) is 7.11 Å². The lowest BCUT2D eigenvalue weighted by molar-refractivity contribution is -0.108. The first-order valence-electron chi connectivity index (χ1n) is 5.22. The van der Waals surface area contributed by atoms with Crippen LogP contribution in [0.2, 0.25) is 0 Å². The molecule has 0 amide bonds. The molecular formula is C13H16O3. The van der Waals surface area contributed by atoms with E-state index in [0.717, 1.165) is 17.6 Å². The van der Waals surface area contributed by atoms with Crippen molar-refractivity contribution in [2.45, 2.75) is 20.3 Å². The van der Waals surface area contributed by atoms with Crippen LogP contribution in [0.5, 0.6) is 5.75 Å². The highest BCUT2D eigenvalue weighted by molar-refractivity contribution is 5.99. The number of aryl methyl sites for hydroxylation is 1. The average Bonchev–Trinajstić information content (AvgIpc) is 2.28. The normalized spacial score (nSPS) is 11.9. The number of methoxy groups -OCH3 is 1. The summed E-state index contributed by atoms with van der Waals surface area (Å²) in [6.45, 7) is 3.63. The van der Waals surface area contributed by atoms with Gasteiger partial charge in [0.2, 0.25) is 0 Å². The van der Waals surface area contributed by atoms with Crippen LogP contribution in [0.1, 0.15) is 29.3 Å². The van der Waals surface area contributed by atoms with E-state index in [1.165, 1.54) is 0 Å². The Labute approximate surface area is 95.4 Å². The Morgan fingerprint density at radius 2 is 2.19 bits per heavy atom. The second kappa shape index (κ2) is 5.45. The van der Waals surface area contributed by atoms with E-state index in [-0.39, 0.29) is 18.1 Å². The highest BCUT2D eigenvalue weighted by atomic mass is 16.5. The van der Waals surface area contributed by atoms with E-state index in [4.69, 9.17) is 4.74 Å². The van der Waals surface area contributed by atoms with Gasteiger partial charge in [-0.2, -0.15) is 0 Å². The summed E-state index contributed by atoms with van der Waals surface area (Å²) < 4.78 is 5.07. The van der Waals surface area contributed by atoms with Crippen molar-refractivity contribution in [3.8, 4) is 5.75 Å². The van der Waals surface area contributed by atoms with E-state index in [9.17, 15) is 9.59 Å². The highest BCUT2D eigenvalue weighted by Gasteiger charge is 2.16. The van der Waals surface area contributed by atoms with Gasteiger partial charge in [-0.1, -0.05) is 6.92 Å². The van der Waals surface area contributed by atoms with Crippen LogP contribution >= 0.6 is 0 Å². The number of benzene rings is 1. The minimum Gasteiger partial charge on any atom is -0.497 e. The van der Waals surface area contributed by atoms with Crippen LogP contribution in [0.25, 0.3) is 0 Å². The van der Waals surface area contributed by atoms with E-state index < -0.39 is 0 Å². The Hall–Kier alpha value is -1.64. The lowest BCUT2D eigenvalue weighted by Gasteiger charge is -2.10. The van der Waals surface area contributed by atoms with Gasteiger partial charge in [-0.05, 0) is 30.7 Å². The number of Topliss-reactive ketones (excluding diaryl/α,β-unsaturated/α-hetero) is 1. The third-order valence-corrected chi connectivity index (χ3v) is 2.60. The number of rotatable bonds is 5. The largest absolute Gasteiger partial charge is 0.497 e. The van der Waals surface area contributed by atoms with Gasteiger partial charge >= 0.3 is 0 Å². The molecule has 0 aliphatic heterocycles. The fourth-order valence-electron chi connectivity index (χ4n) is 1.56. The number of ketones is 1. The molecule has 1 atom stereocenters. The van der Waals surface area contributed by atoms with Crippen LogP contribution in [-0.2, 0) is 4.79 Å². The molecule has 3 nitrogen and oxygen atoms in total. The van der Waals surface area contributed by atoms with Gasteiger partial charge in [-0.15, -0.1) is 0 Å². The molecule has 0 heterocycles. The summed E-state index contributed by atoms with van der Waals surface area (Å²) in [4.78, 5) is 22.3. The predicted octanol–water partition coefficient (Wildman–Crippen LogP) is 2.41. The van der Waals surface area contributed by atoms with E-state index in [1.54, 1.807) is 26.2 Å². The fourth-order valence-corrected chi connectivity index (χ4v) is 1.56. The molecule has 1 rings (SSSR count). The molecule has 0 fully saturated rings. The Balaban J connectivity index is 2.95. The molecule has 0 saturated heterocycles. The van der Waals surface area contributed by atoms with Gasteiger partial charge in [0.25, 0.3) is 0 Å². The second-order valence-electron chi connectivity index (χ2n) is 3.85. The summed E-state index contributed by atoms with van der Waals surface area (Å²) in [6, 6.07) is 5.33. The van der Waals surface area contributed by atoms with Crippen molar-refractivity contribution in [3.05, 3.63) is 29.3 Å². The highest BCUT2D eigenvalue weighted by Crippen LogP contribution is 2.20. The number of carbonyl (C=O) groups is 2. The second-order valence-corrected chi connectivity index (χ2v) is 3.85. The molecular weight excluding hydrogens is 204 g/mol.